The normalized spacial score (nSPS) is 25.9. The Balaban J connectivity index is 2.85. The largest absolute Gasteiger partial charge is 0.392 e. The predicted octanol–water partition coefficient (Wildman–Crippen LogP) is -1.06. The number of thiocarbonyl (C=S) groups is 1. The highest BCUT2D eigenvalue weighted by Crippen LogP contribution is 2.18. The molecule has 7 heteroatoms. The van der Waals surface area contributed by atoms with E-state index < -0.39 is 10.2 Å². The van der Waals surface area contributed by atoms with Crippen molar-refractivity contribution in [3.63, 3.8) is 0 Å². The van der Waals surface area contributed by atoms with Crippen molar-refractivity contribution >= 4 is 27.4 Å². The van der Waals surface area contributed by atoms with E-state index in [-0.39, 0.29) is 11.0 Å². The monoisotopic (exact) mass is 209 g/mol. The number of nitrogens with zero attached hydrogens (tertiary/aromatic N) is 1. The third-order valence-electron chi connectivity index (χ3n) is 1.86. The lowest BCUT2D eigenvalue weighted by Gasteiger charge is -2.19. The molecule has 1 atom stereocenters. The molecule has 0 bridgehead atoms. The molecule has 0 spiro atoms. The molecule has 1 heterocycles. The molecule has 70 valence electrons. The second kappa shape index (κ2) is 3.25. The first kappa shape index (κ1) is 9.85. The van der Waals surface area contributed by atoms with E-state index in [1.807, 2.05) is 0 Å². The highest BCUT2D eigenvalue weighted by Gasteiger charge is 2.33. The van der Waals surface area contributed by atoms with Crippen molar-refractivity contribution in [3.8, 4) is 0 Å². The third-order valence-corrected chi connectivity index (χ3v) is 3.22. The maximum absolute atomic E-state index is 10.9. The van der Waals surface area contributed by atoms with Gasteiger partial charge in [-0.2, -0.15) is 12.7 Å². The van der Waals surface area contributed by atoms with Gasteiger partial charge in [-0.15, -0.1) is 0 Å². The molecule has 1 aliphatic heterocycles. The summed E-state index contributed by atoms with van der Waals surface area (Å²) in [6, 6.07) is -0.380. The Morgan fingerprint density at radius 1 is 1.58 bits per heavy atom. The average molecular weight is 209 g/mol. The zero-order chi connectivity index (χ0) is 9.35. The molecule has 1 rings (SSSR count). The maximum atomic E-state index is 10.9. The maximum Gasteiger partial charge on any atom is 0.277 e. The summed E-state index contributed by atoms with van der Waals surface area (Å²) in [6.07, 6.45) is 1.43. The van der Waals surface area contributed by atoms with Crippen LogP contribution in [0.4, 0.5) is 0 Å². The molecule has 0 aromatic carbocycles. The first-order valence-corrected chi connectivity index (χ1v) is 5.43. The van der Waals surface area contributed by atoms with Crippen LogP contribution in [0.5, 0.6) is 0 Å². The summed E-state index contributed by atoms with van der Waals surface area (Å²) in [5.74, 6) is 0. The van der Waals surface area contributed by atoms with E-state index in [1.165, 1.54) is 0 Å². The fraction of sp³-hybridized carbons (Fsp3) is 0.800. The lowest BCUT2D eigenvalue weighted by molar-refractivity contribution is 0.447. The van der Waals surface area contributed by atoms with Gasteiger partial charge in [0.15, 0.2) is 0 Å². The molecule has 0 amide bonds. The Bertz CT molecular complexity index is 287. The van der Waals surface area contributed by atoms with Crippen LogP contribution in [-0.4, -0.2) is 30.3 Å². The molecule has 1 unspecified atom stereocenters. The molecular weight excluding hydrogens is 198 g/mol. The molecule has 5 nitrogen and oxygen atoms in total. The van der Waals surface area contributed by atoms with Crippen LogP contribution in [0.25, 0.3) is 0 Å². The summed E-state index contributed by atoms with van der Waals surface area (Å²) in [6.45, 7) is 0.418. The van der Waals surface area contributed by atoms with E-state index >= 15 is 0 Å². The molecule has 0 aliphatic carbocycles. The topological polar surface area (TPSA) is 89.4 Å². The van der Waals surface area contributed by atoms with Gasteiger partial charge in [0.25, 0.3) is 10.2 Å². The van der Waals surface area contributed by atoms with E-state index in [2.05, 4.69) is 0 Å². The fourth-order valence-corrected chi connectivity index (χ4v) is 2.60. The van der Waals surface area contributed by atoms with Gasteiger partial charge in [0, 0.05) is 6.54 Å². The molecule has 0 aromatic rings. The van der Waals surface area contributed by atoms with Crippen molar-refractivity contribution in [3.05, 3.63) is 0 Å². The van der Waals surface area contributed by atoms with Crippen LogP contribution in [0.2, 0.25) is 0 Å². The van der Waals surface area contributed by atoms with E-state index in [4.69, 9.17) is 23.1 Å². The van der Waals surface area contributed by atoms with Gasteiger partial charge in [0.1, 0.15) is 0 Å². The number of hydrogen-bond donors (Lipinski definition) is 2. The summed E-state index contributed by atoms with van der Waals surface area (Å²) < 4.78 is 23.0. The van der Waals surface area contributed by atoms with E-state index in [9.17, 15) is 8.42 Å². The summed E-state index contributed by atoms with van der Waals surface area (Å²) >= 11 is 4.72. The fourth-order valence-electron chi connectivity index (χ4n) is 1.33. The molecule has 1 fully saturated rings. The zero-order valence-corrected chi connectivity index (χ0v) is 8.07. The zero-order valence-electron chi connectivity index (χ0n) is 6.43. The number of hydrogen-bond acceptors (Lipinski definition) is 3. The summed E-state index contributed by atoms with van der Waals surface area (Å²) in [4.78, 5) is 0.196. The number of rotatable bonds is 2. The first-order valence-electron chi connectivity index (χ1n) is 3.52. The minimum Gasteiger partial charge on any atom is -0.392 e. The van der Waals surface area contributed by atoms with Gasteiger partial charge < -0.3 is 5.73 Å². The molecule has 4 N–H and O–H groups in total. The lowest BCUT2D eigenvalue weighted by Crippen LogP contribution is -2.45. The Kier molecular flexibility index (Phi) is 2.67. The van der Waals surface area contributed by atoms with Gasteiger partial charge in [0.05, 0.1) is 11.0 Å². The van der Waals surface area contributed by atoms with Crippen molar-refractivity contribution in [1.82, 2.24) is 4.31 Å². The second-order valence-corrected chi connectivity index (χ2v) is 4.69. The third kappa shape index (κ3) is 1.92. The lowest BCUT2D eigenvalue weighted by atomic mass is 10.2. The minimum absolute atomic E-state index is 0.196. The predicted molar refractivity (Wildman–Crippen MR) is 49.6 cm³/mol. The van der Waals surface area contributed by atoms with Gasteiger partial charge in [-0.25, -0.2) is 5.14 Å². The quantitative estimate of drug-likeness (QED) is 0.567. The molecule has 0 aromatic heterocycles. The van der Waals surface area contributed by atoms with E-state index in [1.54, 1.807) is 0 Å². The standard InChI is InChI=1S/C5H11N3O2S2/c6-5(11)4-2-1-3-8(4)12(7,9)10/h4H,1-3H2,(H2,6,11)(H2,7,9,10). The van der Waals surface area contributed by atoms with Crippen LogP contribution in [0, 0.1) is 0 Å². The van der Waals surface area contributed by atoms with Crippen LogP contribution in [0.15, 0.2) is 0 Å². The van der Waals surface area contributed by atoms with E-state index in [0.29, 0.717) is 13.0 Å². The molecule has 1 aliphatic rings. The van der Waals surface area contributed by atoms with Gasteiger partial charge in [-0.3, -0.25) is 0 Å². The smallest absolute Gasteiger partial charge is 0.277 e. The SMILES string of the molecule is NC(=S)C1CCCN1S(N)(=O)=O. The van der Waals surface area contributed by atoms with Crippen molar-refractivity contribution in [2.75, 3.05) is 6.54 Å². The number of nitrogens with two attached hydrogens (primary N) is 2. The van der Waals surface area contributed by atoms with Gasteiger partial charge in [-0.1, -0.05) is 12.2 Å². The summed E-state index contributed by atoms with van der Waals surface area (Å²) in [7, 11) is -3.63. The van der Waals surface area contributed by atoms with Crippen molar-refractivity contribution < 1.29 is 8.42 Å². The molecule has 1 saturated heterocycles. The Labute approximate surface area is 76.9 Å². The minimum atomic E-state index is -3.63. The molecule has 0 radical (unpaired) electrons. The molecule has 12 heavy (non-hydrogen) atoms. The van der Waals surface area contributed by atoms with Crippen LogP contribution >= 0.6 is 12.2 Å². The van der Waals surface area contributed by atoms with E-state index in [0.717, 1.165) is 10.7 Å². The van der Waals surface area contributed by atoms with Crippen LogP contribution < -0.4 is 10.9 Å². The molecular formula is C5H11N3O2S2. The van der Waals surface area contributed by atoms with Gasteiger partial charge >= 0.3 is 0 Å². The van der Waals surface area contributed by atoms with Crippen molar-refractivity contribution in [2.45, 2.75) is 18.9 Å². The highest BCUT2D eigenvalue weighted by atomic mass is 32.2. The van der Waals surface area contributed by atoms with Gasteiger partial charge in [-0.05, 0) is 12.8 Å². The van der Waals surface area contributed by atoms with Crippen LogP contribution in [0.1, 0.15) is 12.8 Å². The van der Waals surface area contributed by atoms with Gasteiger partial charge in [0.2, 0.25) is 0 Å². The first-order chi connectivity index (χ1) is 5.43. The second-order valence-electron chi connectivity index (χ2n) is 2.72. The van der Waals surface area contributed by atoms with Crippen molar-refractivity contribution in [1.29, 1.82) is 0 Å². The Hall–Kier alpha value is -0.240. The Morgan fingerprint density at radius 2 is 2.17 bits per heavy atom. The molecule has 0 saturated carbocycles. The summed E-state index contributed by atoms with van der Waals surface area (Å²) in [5, 5.41) is 4.95. The Morgan fingerprint density at radius 3 is 2.50 bits per heavy atom. The summed E-state index contributed by atoms with van der Waals surface area (Å²) in [5.41, 5.74) is 5.35. The highest BCUT2D eigenvalue weighted by molar-refractivity contribution is 7.87. The van der Waals surface area contributed by atoms with Crippen LogP contribution in [-0.2, 0) is 10.2 Å². The van der Waals surface area contributed by atoms with Crippen LogP contribution in [0.3, 0.4) is 0 Å². The van der Waals surface area contributed by atoms with Crippen molar-refractivity contribution in [2.24, 2.45) is 10.9 Å². The average Bonchev–Trinajstić information content (AvgIpc) is 2.30.